The first-order valence-corrected chi connectivity index (χ1v) is 20.8. The lowest BCUT2D eigenvalue weighted by Gasteiger charge is -2.40. The Bertz CT molecular complexity index is 2210. The summed E-state index contributed by atoms with van der Waals surface area (Å²) in [5.41, 5.74) is -4.20. The topological polar surface area (TPSA) is 87.6 Å². The number of benzene rings is 4. The van der Waals surface area contributed by atoms with Crippen molar-refractivity contribution in [3.63, 3.8) is 0 Å². The minimum absolute atomic E-state index is 0.0324. The molecule has 68 heavy (non-hydrogen) atoms. The first-order valence-electron chi connectivity index (χ1n) is 20.8. The molecular weight excluding hydrogens is 939 g/mol. The number of nitrogens with zero attached hydrogens (tertiary/aromatic N) is 4. The van der Waals surface area contributed by atoms with Crippen LogP contribution in [-0.4, -0.2) is 81.3 Å². The van der Waals surface area contributed by atoms with Gasteiger partial charge in [-0.2, -0.15) is 52.7 Å². The second kappa shape index (κ2) is 20.5. The van der Waals surface area contributed by atoms with Crippen molar-refractivity contribution in [1.82, 2.24) is 19.6 Å². The van der Waals surface area contributed by atoms with Crippen molar-refractivity contribution in [3.05, 3.63) is 140 Å². The number of hydrogen-bond acceptors (Lipinski definition) is 4. The molecule has 2 aliphatic heterocycles. The molecule has 22 heteroatoms. The highest BCUT2D eigenvalue weighted by Gasteiger charge is 2.40. The first-order chi connectivity index (χ1) is 31.3. The van der Waals surface area contributed by atoms with Gasteiger partial charge in [-0.3, -0.25) is 0 Å². The number of piperidine rings is 2. The highest BCUT2D eigenvalue weighted by atomic mass is 19.4. The van der Waals surface area contributed by atoms with E-state index in [0.29, 0.717) is 46.5 Å². The van der Waals surface area contributed by atoms with E-state index in [1.807, 2.05) is 0 Å². The van der Waals surface area contributed by atoms with Crippen molar-refractivity contribution in [1.29, 1.82) is 0 Å². The third-order valence-corrected chi connectivity index (χ3v) is 11.6. The Balaban J connectivity index is 0.000000254. The Morgan fingerprint density at radius 1 is 0.529 bits per heavy atom. The molecule has 6 rings (SSSR count). The lowest BCUT2D eigenvalue weighted by Crippen LogP contribution is -2.47. The summed E-state index contributed by atoms with van der Waals surface area (Å²) in [5.74, 6) is -0.949. The van der Waals surface area contributed by atoms with Gasteiger partial charge in [-0.25, -0.2) is 18.4 Å². The van der Waals surface area contributed by atoms with Gasteiger partial charge in [-0.15, -0.1) is 0 Å². The molecule has 2 aliphatic rings. The molecule has 0 radical (unpaired) electrons. The fourth-order valence-electron chi connectivity index (χ4n) is 8.31. The summed E-state index contributed by atoms with van der Waals surface area (Å²) >= 11 is 0. The molecule has 2 fully saturated rings. The van der Waals surface area contributed by atoms with E-state index in [0.717, 1.165) is 9.80 Å². The van der Waals surface area contributed by atoms with Gasteiger partial charge in [0.25, 0.3) is 0 Å². The van der Waals surface area contributed by atoms with Gasteiger partial charge in [0.15, 0.2) is 0 Å². The predicted octanol–water partition coefficient (Wildman–Crippen LogP) is 11.8. The van der Waals surface area contributed by atoms with E-state index in [1.54, 1.807) is 13.8 Å². The van der Waals surface area contributed by atoms with Crippen molar-refractivity contribution in [3.8, 4) is 0 Å². The molecule has 0 unspecified atom stereocenters. The normalized spacial score (nSPS) is 19.3. The lowest BCUT2D eigenvalue weighted by atomic mass is 9.91. The number of carbonyl (C=O) groups excluding carboxylic acids is 2. The molecule has 4 aromatic carbocycles. The van der Waals surface area contributed by atoms with Crippen LogP contribution in [0.4, 0.5) is 71.1 Å². The third-order valence-electron chi connectivity index (χ3n) is 11.6. The third kappa shape index (κ3) is 13.3. The number of hydrogen-bond donors (Lipinski definition) is 2. The number of aliphatic hydroxyl groups excluding tert-OH is 2. The van der Waals surface area contributed by atoms with Crippen LogP contribution in [0.5, 0.6) is 0 Å². The van der Waals surface area contributed by atoms with Gasteiger partial charge < -0.3 is 29.8 Å². The van der Waals surface area contributed by atoms with Gasteiger partial charge in [0.1, 0.15) is 11.6 Å². The predicted molar refractivity (Wildman–Crippen MR) is 218 cm³/mol. The number of likely N-dealkylation sites (tertiary alicyclic amines) is 2. The van der Waals surface area contributed by atoms with E-state index in [9.17, 15) is 81.3 Å². The molecule has 4 atom stereocenters. The van der Waals surface area contributed by atoms with Crippen molar-refractivity contribution < 1.29 is 81.3 Å². The molecule has 0 saturated carbocycles. The van der Waals surface area contributed by atoms with Gasteiger partial charge in [-0.05, 0) is 134 Å². The van der Waals surface area contributed by atoms with Crippen LogP contribution in [0, 0.1) is 25.5 Å². The largest absolute Gasteiger partial charge is 0.416 e. The number of amides is 4. The summed E-state index contributed by atoms with van der Waals surface area (Å²) in [5, 5.41) is 20.3. The summed E-state index contributed by atoms with van der Waals surface area (Å²) in [6.45, 7) is 2.52. The molecule has 2 heterocycles. The van der Waals surface area contributed by atoms with Crippen molar-refractivity contribution in [2.24, 2.45) is 0 Å². The van der Waals surface area contributed by atoms with Crippen LogP contribution in [0.1, 0.15) is 93.4 Å². The summed E-state index contributed by atoms with van der Waals surface area (Å²) in [4.78, 5) is 31.2. The molecule has 0 aromatic heterocycles. The molecule has 4 amide bonds. The van der Waals surface area contributed by atoms with E-state index >= 15 is 0 Å². The molecule has 4 aromatic rings. The smallest absolute Gasteiger partial charge is 0.393 e. The fraction of sp³-hybridized carbons (Fsp3) is 0.435. The Kier molecular flexibility index (Phi) is 16.1. The van der Waals surface area contributed by atoms with Crippen molar-refractivity contribution >= 4 is 12.1 Å². The Morgan fingerprint density at radius 3 is 1.09 bits per heavy atom. The van der Waals surface area contributed by atoms with Gasteiger partial charge in [0.05, 0.1) is 46.5 Å². The van der Waals surface area contributed by atoms with Crippen LogP contribution in [0.2, 0.25) is 0 Å². The highest BCUT2D eigenvalue weighted by molar-refractivity contribution is 5.76. The molecule has 8 nitrogen and oxygen atoms in total. The van der Waals surface area contributed by atoms with Crippen LogP contribution in [0.15, 0.2) is 72.8 Å². The number of urea groups is 2. The van der Waals surface area contributed by atoms with E-state index in [1.165, 1.54) is 60.3 Å². The van der Waals surface area contributed by atoms with Crippen molar-refractivity contribution in [2.45, 2.75) is 102 Å². The average molecular weight is 985 g/mol. The zero-order valence-electron chi connectivity index (χ0n) is 36.7. The summed E-state index contributed by atoms with van der Waals surface area (Å²) in [7, 11) is 2.55. The fourth-order valence-corrected chi connectivity index (χ4v) is 8.31. The van der Waals surface area contributed by atoms with E-state index in [-0.39, 0.29) is 62.0 Å². The average Bonchev–Trinajstić information content (AvgIpc) is 3.22. The summed E-state index contributed by atoms with van der Waals surface area (Å²) < 4.78 is 185. The van der Waals surface area contributed by atoms with Crippen LogP contribution in [-0.2, 0) is 37.8 Å². The Labute approximate surface area is 381 Å². The van der Waals surface area contributed by atoms with Gasteiger partial charge >= 0.3 is 36.8 Å². The molecule has 372 valence electrons. The summed E-state index contributed by atoms with van der Waals surface area (Å²) in [6, 6.07) is 7.86. The number of aliphatic hydroxyl groups is 2. The first kappa shape index (κ1) is 53.3. The number of halogens is 14. The summed E-state index contributed by atoms with van der Waals surface area (Å²) in [6.07, 6.45) is -20.6. The Hall–Kier alpha value is -5.64. The Morgan fingerprint density at radius 2 is 0.824 bits per heavy atom. The lowest BCUT2D eigenvalue weighted by molar-refractivity contribution is -0.144. The number of aryl methyl sites for hydroxylation is 2. The van der Waals surface area contributed by atoms with Crippen LogP contribution >= 0.6 is 0 Å². The standard InChI is InChI=1S/2C23H23F7N2O2/c2*1-13-7-17(24)3-4-19(13)20-11-18(33)5-6-32(20)21(34)31(2)12-14-8-15(22(25,26)27)10-16(9-14)23(28,29)30/h2*3-4,7-10,18,20,33H,5-6,11-12H2,1-2H3/t2*18-,20-/m10/s1. The molecule has 0 spiro atoms. The number of alkyl halides is 12. The minimum Gasteiger partial charge on any atom is -0.393 e. The van der Waals surface area contributed by atoms with Crippen LogP contribution in [0.3, 0.4) is 0 Å². The maximum atomic E-state index is 13.6. The quantitative estimate of drug-likeness (QED) is 0.188. The maximum absolute atomic E-state index is 13.6. The van der Waals surface area contributed by atoms with Crippen LogP contribution in [0.25, 0.3) is 0 Å². The zero-order chi connectivity index (χ0) is 50.8. The van der Waals surface area contributed by atoms with Gasteiger partial charge in [0.2, 0.25) is 0 Å². The number of rotatable bonds is 6. The molecule has 2 saturated heterocycles. The molecule has 0 bridgehead atoms. The van der Waals surface area contributed by atoms with E-state index in [4.69, 9.17) is 0 Å². The number of carbonyl (C=O) groups is 2. The van der Waals surface area contributed by atoms with Gasteiger partial charge in [0, 0.05) is 40.3 Å². The van der Waals surface area contributed by atoms with Crippen LogP contribution < -0.4 is 0 Å². The minimum atomic E-state index is -4.99. The van der Waals surface area contributed by atoms with E-state index < -0.39 is 108 Å². The van der Waals surface area contributed by atoms with E-state index in [2.05, 4.69) is 0 Å². The van der Waals surface area contributed by atoms with Crippen molar-refractivity contribution in [2.75, 3.05) is 27.2 Å². The second-order valence-electron chi connectivity index (χ2n) is 16.9. The SMILES string of the molecule is Cc1cc(F)ccc1[C@@H]1C[C@@H](O)CCN1C(=O)N(C)Cc1cc(C(F)(F)F)cc(C(F)(F)F)c1.Cc1cc(F)ccc1[C@H]1C[C@H](O)CCN1C(=O)N(C)Cc1cc(C(F)(F)F)cc(C(F)(F)F)c1. The molecule has 0 aliphatic carbocycles. The highest BCUT2D eigenvalue weighted by Crippen LogP contribution is 2.40. The monoisotopic (exact) mass is 984 g/mol. The van der Waals surface area contributed by atoms with Gasteiger partial charge in [-0.1, -0.05) is 12.1 Å². The maximum Gasteiger partial charge on any atom is 0.416 e. The molecule has 2 N–H and O–H groups in total. The second-order valence-corrected chi connectivity index (χ2v) is 16.9. The molecular formula is C46H46F14N4O4. The zero-order valence-corrected chi connectivity index (χ0v) is 36.7.